The smallest absolute Gasteiger partial charge is 0.0922 e. The zero-order chi connectivity index (χ0) is 12.9. The summed E-state index contributed by atoms with van der Waals surface area (Å²) in [6.07, 6.45) is 4.47. The number of aryl methyl sites for hydroxylation is 3. The Morgan fingerprint density at radius 1 is 1.06 bits per heavy atom. The van der Waals surface area contributed by atoms with E-state index in [-0.39, 0.29) is 0 Å². The van der Waals surface area contributed by atoms with Gasteiger partial charge in [-0.15, -0.1) is 0 Å². The number of hydrogen-bond acceptors (Lipinski definition) is 2. The highest BCUT2D eigenvalue weighted by molar-refractivity contribution is 8.00. The van der Waals surface area contributed by atoms with Crippen LogP contribution in [-0.4, -0.2) is 15.6 Å². The van der Waals surface area contributed by atoms with Crippen LogP contribution in [0.1, 0.15) is 47.9 Å². The van der Waals surface area contributed by atoms with E-state index in [0.29, 0.717) is 10.5 Å². The van der Waals surface area contributed by atoms with Crippen molar-refractivity contribution >= 4 is 11.8 Å². The van der Waals surface area contributed by atoms with E-state index in [4.69, 9.17) is 0 Å². The third-order valence-corrected chi connectivity index (χ3v) is 6.04. The van der Waals surface area contributed by atoms with E-state index < -0.39 is 5.60 Å². The first kappa shape index (κ1) is 12.6. The minimum Gasteiger partial charge on any atom is -0.385 e. The minimum absolute atomic E-state index is 0.570. The number of aliphatic hydroxyl groups is 1. The highest BCUT2D eigenvalue weighted by Crippen LogP contribution is 2.52. The van der Waals surface area contributed by atoms with E-state index in [9.17, 15) is 5.11 Å². The van der Waals surface area contributed by atoms with Gasteiger partial charge in [0.05, 0.1) is 5.60 Å². The Labute approximate surface area is 114 Å². The van der Waals surface area contributed by atoms with Crippen molar-refractivity contribution in [2.24, 2.45) is 0 Å². The molecule has 2 aliphatic rings. The fraction of sp³-hybridized carbons (Fsp3) is 0.625. The predicted molar refractivity (Wildman–Crippen MR) is 78.2 cm³/mol. The van der Waals surface area contributed by atoms with Gasteiger partial charge in [-0.05, 0) is 63.1 Å². The molecule has 2 fully saturated rings. The van der Waals surface area contributed by atoms with E-state index in [2.05, 4.69) is 44.7 Å². The van der Waals surface area contributed by atoms with Crippen molar-refractivity contribution < 1.29 is 5.11 Å². The lowest BCUT2D eigenvalue weighted by Crippen LogP contribution is -2.36. The maximum atomic E-state index is 11.2. The largest absolute Gasteiger partial charge is 0.385 e. The van der Waals surface area contributed by atoms with Crippen LogP contribution in [0.15, 0.2) is 12.1 Å². The van der Waals surface area contributed by atoms with Crippen LogP contribution < -0.4 is 0 Å². The van der Waals surface area contributed by atoms with Crippen LogP contribution in [0.2, 0.25) is 0 Å². The molecule has 3 rings (SSSR count). The second-order valence-electron chi connectivity index (χ2n) is 6.17. The molecule has 2 saturated heterocycles. The maximum absolute atomic E-state index is 11.2. The normalized spacial score (nSPS) is 34.9. The topological polar surface area (TPSA) is 20.2 Å². The number of rotatable bonds is 1. The lowest BCUT2D eigenvalue weighted by molar-refractivity contribution is 0.0184. The third-order valence-electron chi connectivity index (χ3n) is 4.47. The van der Waals surface area contributed by atoms with Gasteiger partial charge < -0.3 is 5.11 Å². The van der Waals surface area contributed by atoms with Crippen molar-refractivity contribution in [2.75, 3.05) is 0 Å². The first-order valence-corrected chi connectivity index (χ1v) is 7.88. The molecule has 1 aromatic carbocycles. The summed E-state index contributed by atoms with van der Waals surface area (Å²) < 4.78 is 0. The summed E-state index contributed by atoms with van der Waals surface area (Å²) in [4.78, 5) is 0. The van der Waals surface area contributed by atoms with E-state index in [1.807, 2.05) is 0 Å². The summed E-state index contributed by atoms with van der Waals surface area (Å²) in [6.45, 7) is 6.43. The van der Waals surface area contributed by atoms with Gasteiger partial charge in [-0.25, -0.2) is 0 Å². The Balaban J connectivity index is 2.04. The predicted octanol–water partition coefficient (Wildman–Crippen LogP) is 3.86. The molecule has 0 amide bonds. The van der Waals surface area contributed by atoms with E-state index >= 15 is 0 Å². The molecular formula is C16H22OS. The molecule has 2 heterocycles. The lowest BCUT2D eigenvalue weighted by atomic mass is 9.80. The molecule has 1 N–H and O–H groups in total. The molecule has 2 atom stereocenters. The van der Waals surface area contributed by atoms with Gasteiger partial charge in [0.2, 0.25) is 0 Å². The van der Waals surface area contributed by atoms with Crippen molar-refractivity contribution in [3.05, 3.63) is 34.4 Å². The van der Waals surface area contributed by atoms with Crippen molar-refractivity contribution in [2.45, 2.75) is 62.6 Å². The Morgan fingerprint density at radius 3 is 2.06 bits per heavy atom. The maximum Gasteiger partial charge on any atom is 0.0922 e. The fourth-order valence-corrected chi connectivity index (χ4v) is 5.87. The van der Waals surface area contributed by atoms with Crippen molar-refractivity contribution in [3.63, 3.8) is 0 Å². The summed E-state index contributed by atoms with van der Waals surface area (Å²) in [7, 11) is 0. The van der Waals surface area contributed by atoms with Gasteiger partial charge in [-0.2, -0.15) is 11.8 Å². The lowest BCUT2D eigenvalue weighted by Gasteiger charge is -2.38. The second-order valence-corrected chi connectivity index (χ2v) is 7.78. The molecule has 0 aliphatic carbocycles. The Morgan fingerprint density at radius 2 is 1.56 bits per heavy atom. The number of thioether (sulfide) groups is 1. The molecule has 2 bridgehead atoms. The molecule has 18 heavy (non-hydrogen) atoms. The standard InChI is InChI=1S/C16H22OS/c1-10-6-11(2)15(12(3)7-10)16(17)8-13-4-5-14(9-16)18-13/h6-7,13-14,17H,4-5,8-9H2,1-3H3. The number of hydrogen-bond donors (Lipinski definition) is 1. The van der Waals surface area contributed by atoms with Gasteiger partial charge in [-0.3, -0.25) is 0 Å². The van der Waals surface area contributed by atoms with Crippen molar-refractivity contribution in [1.82, 2.24) is 0 Å². The van der Waals surface area contributed by atoms with Crippen LogP contribution in [-0.2, 0) is 5.60 Å². The third kappa shape index (κ3) is 2.00. The Bertz CT molecular complexity index is 445. The van der Waals surface area contributed by atoms with Crippen LogP contribution in [0.25, 0.3) is 0 Å². The van der Waals surface area contributed by atoms with Crippen LogP contribution in [0.5, 0.6) is 0 Å². The quantitative estimate of drug-likeness (QED) is 0.829. The molecule has 0 spiro atoms. The summed E-state index contributed by atoms with van der Waals surface area (Å²) in [5, 5.41) is 12.5. The summed E-state index contributed by atoms with van der Waals surface area (Å²) in [5.41, 5.74) is 4.47. The van der Waals surface area contributed by atoms with Crippen LogP contribution >= 0.6 is 11.8 Å². The molecule has 2 unspecified atom stereocenters. The first-order chi connectivity index (χ1) is 8.48. The van der Waals surface area contributed by atoms with Crippen LogP contribution in [0.4, 0.5) is 0 Å². The molecule has 1 aromatic rings. The van der Waals surface area contributed by atoms with E-state index in [1.54, 1.807) is 0 Å². The molecule has 0 saturated carbocycles. The minimum atomic E-state index is -0.570. The first-order valence-electron chi connectivity index (χ1n) is 6.94. The number of fused-ring (bicyclic) bond motifs is 2. The SMILES string of the molecule is Cc1cc(C)c(C2(O)CC3CCC(C2)S3)c(C)c1. The molecule has 2 heteroatoms. The Kier molecular flexibility index (Phi) is 2.98. The summed E-state index contributed by atoms with van der Waals surface area (Å²) in [5.74, 6) is 0. The molecule has 0 radical (unpaired) electrons. The molecule has 2 aliphatic heterocycles. The van der Waals surface area contributed by atoms with Crippen LogP contribution in [0.3, 0.4) is 0 Å². The molecule has 98 valence electrons. The van der Waals surface area contributed by atoms with Crippen molar-refractivity contribution in [3.8, 4) is 0 Å². The zero-order valence-electron chi connectivity index (χ0n) is 11.5. The fourth-order valence-electron chi connectivity index (χ4n) is 4.04. The number of benzene rings is 1. The average molecular weight is 262 g/mol. The highest BCUT2D eigenvalue weighted by atomic mass is 32.2. The zero-order valence-corrected chi connectivity index (χ0v) is 12.3. The monoisotopic (exact) mass is 262 g/mol. The van der Waals surface area contributed by atoms with Gasteiger partial charge in [0, 0.05) is 10.5 Å². The van der Waals surface area contributed by atoms with E-state index in [0.717, 1.165) is 12.8 Å². The van der Waals surface area contributed by atoms with Gasteiger partial charge >= 0.3 is 0 Å². The molecular weight excluding hydrogens is 240 g/mol. The van der Waals surface area contributed by atoms with Crippen LogP contribution in [0, 0.1) is 20.8 Å². The van der Waals surface area contributed by atoms with Gasteiger partial charge in [0.25, 0.3) is 0 Å². The van der Waals surface area contributed by atoms with E-state index in [1.165, 1.54) is 35.1 Å². The Hall–Kier alpha value is -0.470. The van der Waals surface area contributed by atoms with Gasteiger partial charge in [0.1, 0.15) is 0 Å². The molecule has 1 nitrogen and oxygen atoms in total. The van der Waals surface area contributed by atoms with Crippen molar-refractivity contribution in [1.29, 1.82) is 0 Å². The highest BCUT2D eigenvalue weighted by Gasteiger charge is 2.45. The molecule has 0 aromatic heterocycles. The summed E-state index contributed by atoms with van der Waals surface area (Å²) in [6, 6.07) is 4.42. The summed E-state index contributed by atoms with van der Waals surface area (Å²) >= 11 is 2.10. The van der Waals surface area contributed by atoms with Gasteiger partial charge in [-0.1, -0.05) is 17.7 Å². The second kappa shape index (κ2) is 4.28. The van der Waals surface area contributed by atoms with Gasteiger partial charge in [0.15, 0.2) is 0 Å². The average Bonchev–Trinajstić information content (AvgIpc) is 2.56.